The first-order chi connectivity index (χ1) is 9.74. The molecule has 0 spiro atoms. The summed E-state index contributed by atoms with van der Waals surface area (Å²) < 4.78 is 10.9. The van der Waals surface area contributed by atoms with Gasteiger partial charge in [0.1, 0.15) is 17.7 Å². The van der Waals surface area contributed by atoms with Crippen LogP contribution < -0.4 is 20.5 Å². The average Bonchev–Trinajstić information content (AvgIpc) is 2.87. The van der Waals surface area contributed by atoms with E-state index >= 15 is 0 Å². The van der Waals surface area contributed by atoms with Crippen LogP contribution >= 0.6 is 0 Å². The Hall–Kier alpha value is -2.50. The Bertz CT molecular complexity index is 593. The Morgan fingerprint density at radius 1 is 1.40 bits per heavy atom. The van der Waals surface area contributed by atoms with E-state index in [2.05, 4.69) is 21.4 Å². The van der Waals surface area contributed by atoms with Gasteiger partial charge in [-0.05, 0) is 11.6 Å². The second-order valence-electron chi connectivity index (χ2n) is 4.59. The fraction of sp³-hybridized carbons (Fsp3) is 0.286. The molecule has 0 fully saturated rings. The van der Waals surface area contributed by atoms with E-state index in [1.165, 1.54) is 5.56 Å². The van der Waals surface area contributed by atoms with Gasteiger partial charge in [-0.15, -0.1) is 0 Å². The van der Waals surface area contributed by atoms with Crippen molar-refractivity contribution in [2.75, 3.05) is 24.7 Å². The molecule has 0 radical (unpaired) electrons. The SMILES string of the molecule is COc1cc(NCC2Cc3ccccc3O2)nc(N)n1. The van der Waals surface area contributed by atoms with Crippen molar-refractivity contribution in [2.24, 2.45) is 0 Å². The molecule has 0 saturated carbocycles. The topological polar surface area (TPSA) is 82.3 Å². The number of nitrogen functional groups attached to an aromatic ring is 1. The summed E-state index contributed by atoms with van der Waals surface area (Å²) in [4.78, 5) is 8.05. The van der Waals surface area contributed by atoms with Gasteiger partial charge in [0.25, 0.3) is 0 Å². The highest BCUT2D eigenvalue weighted by Crippen LogP contribution is 2.28. The zero-order valence-electron chi connectivity index (χ0n) is 11.2. The number of anilines is 2. The van der Waals surface area contributed by atoms with E-state index in [0.29, 0.717) is 18.2 Å². The molecule has 1 aromatic heterocycles. The van der Waals surface area contributed by atoms with Crippen molar-refractivity contribution in [3.63, 3.8) is 0 Å². The third-order valence-corrected chi connectivity index (χ3v) is 3.15. The monoisotopic (exact) mass is 272 g/mol. The van der Waals surface area contributed by atoms with E-state index in [0.717, 1.165) is 12.2 Å². The summed E-state index contributed by atoms with van der Waals surface area (Å²) in [6.45, 7) is 0.647. The minimum atomic E-state index is 0.0922. The van der Waals surface area contributed by atoms with Gasteiger partial charge in [0, 0.05) is 12.5 Å². The minimum absolute atomic E-state index is 0.0922. The van der Waals surface area contributed by atoms with Crippen molar-refractivity contribution in [2.45, 2.75) is 12.5 Å². The first kappa shape index (κ1) is 12.5. The maximum absolute atomic E-state index is 5.85. The fourth-order valence-electron chi connectivity index (χ4n) is 2.22. The molecule has 2 aromatic rings. The molecule has 6 heteroatoms. The van der Waals surface area contributed by atoms with E-state index in [4.69, 9.17) is 15.2 Å². The highest BCUT2D eigenvalue weighted by Gasteiger charge is 2.22. The van der Waals surface area contributed by atoms with Crippen molar-refractivity contribution in [3.05, 3.63) is 35.9 Å². The second kappa shape index (κ2) is 5.24. The fourth-order valence-corrected chi connectivity index (χ4v) is 2.22. The lowest BCUT2D eigenvalue weighted by Gasteiger charge is -2.13. The number of nitrogens with two attached hydrogens (primary N) is 1. The van der Waals surface area contributed by atoms with Gasteiger partial charge in [-0.2, -0.15) is 9.97 Å². The number of nitrogens with zero attached hydrogens (tertiary/aromatic N) is 2. The van der Waals surface area contributed by atoms with Crippen LogP contribution in [0.25, 0.3) is 0 Å². The summed E-state index contributed by atoms with van der Waals surface area (Å²) >= 11 is 0. The van der Waals surface area contributed by atoms with Crippen LogP contribution in [0.2, 0.25) is 0 Å². The van der Waals surface area contributed by atoms with E-state index in [-0.39, 0.29) is 12.1 Å². The number of hydrogen-bond acceptors (Lipinski definition) is 6. The number of fused-ring (bicyclic) bond motifs is 1. The molecular formula is C14H16N4O2. The Balaban J connectivity index is 1.63. The Morgan fingerprint density at radius 2 is 2.25 bits per heavy atom. The summed E-state index contributed by atoms with van der Waals surface area (Å²) in [6.07, 6.45) is 0.982. The van der Waals surface area contributed by atoms with Crippen molar-refractivity contribution >= 4 is 11.8 Å². The van der Waals surface area contributed by atoms with Crippen molar-refractivity contribution in [3.8, 4) is 11.6 Å². The van der Waals surface area contributed by atoms with E-state index in [1.807, 2.05) is 18.2 Å². The smallest absolute Gasteiger partial charge is 0.225 e. The first-order valence-electron chi connectivity index (χ1n) is 6.41. The molecule has 0 bridgehead atoms. The highest BCUT2D eigenvalue weighted by molar-refractivity contribution is 5.43. The first-order valence-corrected chi connectivity index (χ1v) is 6.41. The summed E-state index contributed by atoms with van der Waals surface area (Å²) in [5.41, 5.74) is 6.85. The summed E-state index contributed by atoms with van der Waals surface area (Å²) in [5.74, 6) is 2.21. The number of aromatic nitrogens is 2. The van der Waals surface area contributed by atoms with Crippen LogP contribution in [0, 0.1) is 0 Å². The highest BCUT2D eigenvalue weighted by atomic mass is 16.5. The number of ether oxygens (including phenoxy) is 2. The van der Waals surface area contributed by atoms with Crippen LogP contribution in [0.5, 0.6) is 11.6 Å². The molecule has 1 atom stereocenters. The number of nitrogens with one attached hydrogen (secondary N) is 1. The van der Waals surface area contributed by atoms with Gasteiger partial charge in [0.05, 0.1) is 13.7 Å². The van der Waals surface area contributed by atoms with Gasteiger partial charge < -0.3 is 20.5 Å². The number of hydrogen-bond donors (Lipinski definition) is 2. The molecule has 1 aliphatic rings. The molecule has 3 N–H and O–H groups in total. The molecule has 0 aliphatic carbocycles. The van der Waals surface area contributed by atoms with Crippen LogP contribution in [-0.4, -0.2) is 29.7 Å². The lowest BCUT2D eigenvalue weighted by molar-refractivity contribution is 0.246. The van der Waals surface area contributed by atoms with Crippen molar-refractivity contribution < 1.29 is 9.47 Å². The Morgan fingerprint density at radius 3 is 3.05 bits per heavy atom. The summed E-state index contributed by atoms with van der Waals surface area (Å²) in [5, 5.41) is 3.20. The number of benzene rings is 1. The van der Waals surface area contributed by atoms with Gasteiger partial charge in [-0.25, -0.2) is 0 Å². The lowest BCUT2D eigenvalue weighted by Crippen LogP contribution is -2.24. The quantitative estimate of drug-likeness (QED) is 0.877. The van der Waals surface area contributed by atoms with Crippen molar-refractivity contribution in [1.82, 2.24) is 9.97 Å². The zero-order valence-corrected chi connectivity index (χ0v) is 11.2. The van der Waals surface area contributed by atoms with Gasteiger partial charge in [0.2, 0.25) is 11.8 Å². The van der Waals surface area contributed by atoms with E-state index in [9.17, 15) is 0 Å². The van der Waals surface area contributed by atoms with Gasteiger partial charge in [-0.3, -0.25) is 0 Å². The molecule has 20 heavy (non-hydrogen) atoms. The Labute approximate surface area is 116 Å². The second-order valence-corrected chi connectivity index (χ2v) is 4.59. The molecular weight excluding hydrogens is 256 g/mol. The van der Waals surface area contributed by atoms with Gasteiger partial charge >= 0.3 is 0 Å². The third kappa shape index (κ3) is 2.59. The summed E-state index contributed by atoms with van der Waals surface area (Å²) in [6, 6.07) is 9.78. The van der Waals surface area contributed by atoms with Crippen LogP contribution in [0.15, 0.2) is 30.3 Å². The molecule has 104 valence electrons. The molecule has 0 saturated heterocycles. The van der Waals surface area contributed by atoms with Crippen LogP contribution in [-0.2, 0) is 6.42 Å². The normalized spacial score (nSPS) is 16.4. The zero-order chi connectivity index (χ0) is 13.9. The molecule has 3 rings (SSSR count). The number of rotatable bonds is 4. The van der Waals surface area contributed by atoms with Crippen LogP contribution in [0.3, 0.4) is 0 Å². The maximum Gasteiger partial charge on any atom is 0.225 e. The van der Waals surface area contributed by atoms with Gasteiger partial charge in [0.15, 0.2) is 0 Å². The largest absolute Gasteiger partial charge is 0.488 e. The molecule has 2 heterocycles. The standard InChI is InChI=1S/C14H16N4O2/c1-19-13-7-12(17-14(15)18-13)16-8-10-6-9-4-2-3-5-11(9)20-10/h2-5,7,10H,6,8H2,1H3,(H3,15,16,17,18). The average molecular weight is 272 g/mol. The molecule has 6 nitrogen and oxygen atoms in total. The predicted molar refractivity (Wildman–Crippen MR) is 76.0 cm³/mol. The van der Waals surface area contributed by atoms with Crippen LogP contribution in [0.1, 0.15) is 5.56 Å². The lowest BCUT2D eigenvalue weighted by atomic mass is 10.1. The van der Waals surface area contributed by atoms with Crippen molar-refractivity contribution in [1.29, 1.82) is 0 Å². The van der Waals surface area contributed by atoms with Gasteiger partial charge in [-0.1, -0.05) is 18.2 Å². The molecule has 1 aliphatic heterocycles. The minimum Gasteiger partial charge on any atom is -0.488 e. The Kier molecular flexibility index (Phi) is 3.28. The predicted octanol–water partition coefficient (Wildman–Crippen LogP) is 1.48. The third-order valence-electron chi connectivity index (χ3n) is 3.15. The summed E-state index contributed by atoms with van der Waals surface area (Å²) in [7, 11) is 1.54. The maximum atomic E-state index is 5.85. The van der Waals surface area contributed by atoms with E-state index in [1.54, 1.807) is 13.2 Å². The molecule has 1 aromatic carbocycles. The molecule has 1 unspecified atom stereocenters. The molecule has 0 amide bonds. The van der Waals surface area contributed by atoms with E-state index < -0.39 is 0 Å². The number of methoxy groups -OCH3 is 1. The number of para-hydroxylation sites is 1. The van der Waals surface area contributed by atoms with Crippen LogP contribution in [0.4, 0.5) is 11.8 Å².